The highest BCUT2D eigenvalue weighted by molar-refractivity contribution is 7.98. The lowest BCUT2D eigenvalue weighted by atomic mass is 10.0. The number of benzene rings is 4. The molecule has 47 heavy (non-hydrogen) atoms. The van der Waals surface area contributed by atoms with E-state index in [4.69, 9.17) is 16.3 Å². The SMILES string of the molecule is CCCNC(=O)C(Cc1ccccc1)N(Cc1ccc(Cl)cc1)C(=O)CN(c1ccc(OCC)cc1)S(=O)(=O)c1ccc(SC)cc1. The molecule has 0 saturated heterocycles. The molecular weight excluding hydrogens is 654 g/mol. The van der Waals surface area contributed by atoms with Crippen LogP contribution in [-0.2, 0) is 32.6 Å². The molecule has 11 heteroatoms. The molecule has 248 valence electrons. The highest BCUT2D eigenvalue weighted by Gasteiger charge is 2.34. The fourth-order valence-corrected chi connectivity index (χ4v) is 6.93. The zero-order valence-corrected chi connectivity index (χ0v) is 29.2. The number of nitrogens with zero attached hydrogens (tertiary/aromatic N) is 2. The molecule has 1 atom stereocenters. The van der Waals surface area contributed by atoms with Gasteiger partial charge in [-0.1, -0.05) is 61.0 Å². The lowest BCUT2D eigenvalue weighted by Crippen LogP contribution is -2.53. The summed E-state index contributed by atoms with van der Waals surface area (Å²) < 4.78 is 35.2. The highest BCUT2D eigenvalue weighted by Crippen LogP contribution is 2.28. The van der Waals surface area contributed by atoms with Gasteiger partial charge in [-0.3, -0.25) is 13.9 Å². The largest absolute Gasteiger partial charge is 0.494 e. The summed E-state index contributed by atoms with van der Waals surface area (Å²) in [5.74, 6) is -0.281. The lowest BCUT2D eigenvalue weighted by Gasteiger charge is -2.34. The summed E-state index contributed by atoms with van der Waals surface area (Å²) in [6.07, 6.45) is 2.86. The zero-order valence-electron chi connectivity index (χ0n) is 26.8. The molecule has 4 rings (SSSR count). The topological polar surface area (TPSA) is 96.0 Å². The number of rotatable bonds is 16. The third-order valence-electron chi connectivity index (χ3n) is 7.45. The number of ether oxygens (including phenoxy) is 1. The molecule has 0 spiro atoms. The predicted octanol–water partition coefficient (Wildman–Crippen LogP) is 6.82. The van der Waals surface area contributed by atoms with Crippen molar-refractivity contribution in [2.24, 2.45) is 0 Å². The van der Waals surface area contributed by atoms with Crippen molar-refractivity contribution >= 4 is 50.9 Å². The smallest absolute Gasteiger partial charge is 0.264 e. The van der Waals surface area contributed by atoms with Crippen molar-refractivity contribution in [2.75, 3.05) is 30.3 Å². The molecule has 1 N–H and O–H groups in total. The number of carbonyl (C=O) groups excluding carboxylic acids is 2. The first-order chi connectivity index (χ1) is 22.7. The first-order valence-corrected chi connectivity index (χ1v) is 18.5. The van der Waals surface area contributed by atoms with Crippen molar-refractivity contribution in [2.45, 2.75) is 49.1 Å². The summed E-state index contributed by atoms with van der Waals surface area (Å²) in [7, 11) is -4.21. The number of hydrogen-bond acceptors (Lipinski definition) is 6. The van der Waals surface area contributed by atoms with Gasteiger partial charge in [-0.25, -0.2) is 8.42 Å². The zero-order chi connectivity index (χ0) is 33.8. The molecule has 0 saturated carbocycles. The number of amides is 2. The maximum atomic E-state index is 14.5. The van der Waals surface area contributed by atoms with Crippen LogP contribution in [0.15, 0.2) is 113 Å². The second kappa shape index (κ2) is 17.2. The Balaban J connectivity index is 1.79. The van der Waals surface area contributed by atoms with Gasteiger partial charge in [-0.2, -0.15) is 0 Å². The molecule has 4 aromatic carbocycles. The number of thioether (sulfide) groups is 1. The van der Waals surface area contributed by atoms with Gasteiger partial charge in [0.2, 0.25) is 11.8 Å². The molecule has 0 bridgehead atoms. The van der Waals surface area contributed by atoms with E-state index in [0.717, 1.165) is 20.3 Å². The van der Waals surface area contributed by atoms with Crippen LogP contribution < -0.4 is 14.4 Å². The molecule has 8 nitrogen and oxygen atoms in total. The van der Waals surface area contributed by atoms with E-state index in [1.54, 1.807) is 60.7 Å². The lowest BCUT2D eigenvalue weighted by molar-refractivity contribution is -0.140. The van der Waals surface area contributed by atoms with Gasteiger partial charge < -0.3 is 15.0 Å². The van der Waals surface area contributed by atoms with Gasteiger partial charge in [-0.05, 0) is 91.4 Å². The van der Waals surface area contributed by atoms with Crippen LogP contribution in [0.4, 0.5) is 5.69 Å². The van der Waals surface area contributed by atoms with Crippen LogP contribution in [0.1, 0.15) is 31.4 Å². The summed E-state index contributed by atoms with van der Waals surface area (Å²) in [5.41, 5.74) is 1.90. The summed E-state index contributed by atoms with van der Waals surface area (Å²) in [6.45, 7) is 4.22. The Morgan fingerprint density at radius 2 is 1.53 bits per heavy atom. The third-order valence-corrected chi connectivity index (χ3v) is 10.2. The summed E-state index contributed by atoms with van der Waals surface area (Å²) in [6, 6.07) is 28.7. The van der Waals surface area contributed by atoms with Gasteiger partial charge in [0.05, 0.1) is 17.2 Å². The van der Waals surface area contributed by atoms with E-state index < -0.39 is 28.5 Å². The second-order valence-corrected chi connectivity index (χ2v) is 13.9. The molecule has 0 radical (unpaired) electrons. The Hall–Kier alpha value is -3.99. The quantitative estimate of drug-likeness (QED) is 0.129. The van der Waals surface area contributed by atoms with Crippen molar-refractivity contribution in [1.29, 1.82) is 0 Å². The van der Waals surface area contributed by atoms with Crippen molar-refractivity contribution in [3.05, 3.63) is 119 Å². The molecule has 2 amide bonds. The van der Waals surface area contributed by atoms with Crippen molar-refractivity contribution < 1.29 is 22.7 Å². The fraction of sp³-hybridized carbons (Fsp3) is 0.278. The first kappa shape index (κ1) is 35.9. The molecule has 0 heterocycles. The number of hydrogen-bond donors (Lipinski definition) is 1. The Bertz CT molecular complexity index is 1700. The molecule has 0 fully saturated rings. The molecule has 1 unspecified atom stereocenters. The molecule has 0 aliphatic carbocycles. The van der Waals surface area contributed by atoms with E-state index >= 15 is 0 Å². The summed E-state index contributed by atoms with van der Waals surface area (Å²) in [5, 5.41) is 3.49. The number of sulfonamides is 1. The Labute approximate surface area is 287 Å². The third kappa shape index (κ3) is 9.76. The van der Waals surface area contributed by atoms with Gasteiger partial charge in [0.15, 0.2) is 0 Å². The minimum Gasteiger partial charge on any atom is -0.494 e. The van der Waals surface area contributed by atoms with Crippen molar-refractivity contribution in [1.82, 2.24) is 10.2 Å². The van der Waals surface area contributed by atoms with Crippen LogP contribution in [0, 0.1) is 0 Å². The van der Waals surface area contributed by atoms with Crippen LogP contribution in [-0.4, -0.2) is 57.1 Å². The van der Waals surface area contributed by atoms with Crippen LogP contribution in [0.3, 0.4) is 0 Å². The minimum atomic E-state index is -4.21. The van der Waals surface area contributed by atoms with Crippen LogP contribution in [0.25, 0.3) is 0 Å². The minimum absolute atomic E-state index is 0.0442. The number of nitrogens with one attached hydrogen (secondary N) is 1. The average Bonchev–Trinajstić information content (AvgIpc) is 3.09. The molecule has 4 aromatic rings. The number of carbonyl (C=O) groups is 2. The number of anilines is 1. The highest BCUT2D eigenvalue weighted by atomic mass is 35.5. The van der Waals surface area contributed by atoms with Gasteiger partial charge in [0.25, 0.3) is 10.0 Å². The molecule has 0 aliphatic heterocycles. The van der Waals surface area contributed by atoms with Gasteiger partial charge >= 0.3 is 0 Å². The monoisotopic (exact) mass is 693 g/mol. The fourth-order valence-electron chi connectivity index (χ4n) is 4.99. The van der Waals surface area contributed by atoms with E-state index in [0.29, 0.717) is 30.3 Å². The van der Waals surface area contributed by atoms with Gasteiger partial charge in [-0.15, -0.1) is 11.8 Å². The summed E-state index contributed by atoms with van der Waals surface area (Å²) >= 11 is 7.65. The molecule has 0 aliphatic rings. The standard InChI is InChI=1S/C36H40ClN3O5S2/c1-4-23-38-36(42)34(24-27-9-7-6-8-10-27)39(25-28-11-13-29(37)14-12-28)35(41)26-40(30-15-17-31(18-16-30)45-5-2)47(43,44)33-21-19-32(46-3)20-22-33/h6-22,34H,4-5,23-26H2,1-3H3,(H,38,42). The normalized spacial score (nSPS) is 11.8. The second-order valence-electron chi connectivity index (χ2n) is 10.8. The van der Waals surface area contributed by atoms with Crippen LogP contribution in [0.5, 0.6) is 5.75 Å². The van der Waals surface area contributed by atoms with E-state index in [1.807, 2.05) is 50.4 Å². The van der Waals surface area contributed by atoms with Crippen LogP contribution in [0.2, 0.25) is 5.02 Å². The maximum Gasteiger partial charge on any atom is 0.264 e. The maximum absolute atomic E-state index is 14.5. The molecule has 0 aromatic heterocycles. The summed E-state index contributed by atoms with van der Waals surface area (Å²) in [4.78, 5) is 30.7. The Kier molecular flexibility index (Phi) is 13.2. The van der Waals surface area contributed by atoms with E-state index in [1.165, 1.54) is 28.8 Å². The first-order valence-electron chi connectivity index (χ1n) is 15.4. The van der Waals surface area contributed by atoms with Crippen LogP contribution >= 0.6 is 23.4 Å². The molecular formula is C36H40ClN3O5S2. The van der Waals surface area contributed by atoms with E-state index in [-0.39, 0.29) is 29.5 Å². The van der Waals surface area contributed by atoms with Crippen molar-refractivity contribution in [3.63, 3.8) is 0 Å². The van der Waals surface area contributed by atoms with Gasteiger partial charge in [0, 0.05) is 29.4 Å². The number of halogens is 1. The van der Waals surface area contributed by atoms with Crippen molar-refractivity contribution in [3.8, 4) is 5.75 Å². The Morgan fingerprint density at radius 1 is 0.872 bits per heavy atom. The Morgan fingerprint density at radius 3 is 2.13 bits per heavy atom. The van der Waals surface area contributed by atoms with E-state index in [2.05, 4.69) is 5.32 Å². The predicted molar refractivity (Wildman–Crippen MR) is 190 cm³/mol. The average molecular weight is 694 g/mol. The van der Waals surface area contributed by atoms with E-state index in [9.17, 15) is 18.0 Å². The van der Waals surface area contributed by atoms with Gasteiger partial charge in [0.1, 0.15) is 18.3 Å².